The van der Waals surface area contributed by atoms with E-state index in [4.69, 9.17) is 9.47 Å². The van der Waals surface area contributed by atoms with Crippen LogP contribution in [0.5, 0.6) is 11.5 Å². The second kappa shape index (κ2) is 7.10. The molecule has 1 heterocycles. The van der Waals surface area contributed by atoms with E-state index < -0.39 is 4.92 Å². The van der Waals surface area contributed by atoms with Crippen molar-refractivity contribution in [2.24, 2.45) is 0 Å². The van der Waals surface area contributed by atoms with Crippen LogP contribution in [-0.2, 0) is 0 Å². The summed E-state index contributed by atoms with van der Waals surface area (Å²) in [7, 11) is 0. The van der Waals surface area contributed by atoms with Crippen molar-refractivity contribution in [1.29, 1.82) is 0 Å². The molecule has 130 valence electrons. The lowest BCUT2D eigenvalue weighted by Gasteiger charge is -2.13. The smallest absolute Gasteiger partial charge is 0.271 e. The molecule has 0 amide bonds. The molecular formula is C17H16BrN3O4. The number of non-ortho nitro benzene ring substituents is 1. The van der Waals surface area contributed by atoms with E-state index in [1.807, 2.05) is 26.0 Å². The highest BCUT2D eigenvalue weighted by Crippen LogP contribution is 2.39. The Kier molecular flexibility index (Phi) is 4.89. The van der Waals surface area contributed by atoms with Crippen LogP contribution in [0.1, 0.15) is 13.8 Å². The minimum absolute atomic E-state index is 0.0191. The first-order valence-corrected chi connectivity index (χ1v) is 8.56. The second-order valence-electron chi connectivity index (χ2n) is 5.20. The Labute approximate surface area is 152 Å². The number of nitrogens with zero attached hydrogens (tertiary/aromatic N) is 2. The summed E-state index contributed by atoms with van der Waals surface area (Å²) >= 11 is 3.50. The molecule has 0 fully saturated rings. The molecule has 0 saturated carbocycles. The number of nitro benzene ring substituents is 1. The Balaban J connectivity index is 2.09. The molecule has 7 nitrogen and oxygen atoms in total. The largest absolute Gasteiger partial charge is 0.490 e. The normalized spacial score (nSPS) is 10.8. The van der Waals surface area contributed by atoms with Crippen LogP contribution in [0.3, 0.4) is 0 Å². The van der Waals surface area contributed by atoms with Gasteiger partial charge >= 0.3 is 0 Å². The lowest BCUT2D eigenvalue weighted by molar-refractivity contribution is -0.384. The first kappa shape index (κ1) is 17.2. The van der Waals surface area contributed by atoms with Crippen LogP contribution in [0, 0.1) is 10.1 Å². The summed E-state index contributed by atoms with van der Waals surface area (Å²) in [6.45, 7) is 4.83. The summed E-state index contributed by atoms with van der Waals surface area (Å²) in [4.78, 5) is 18.1. The number of aromatic nitrogens is 2. The average Bonchev–Trinajstić information content (AvgIpc) is 3.01. The van der Waals surface area contributed by atoms with Gasteiger partial charge in [-0.3, -0.25) is 10.1 Å². The van der Waals surface area contributed by atoms with Crippen LogP contribution in [0.2, 0.25) is 0 Å². The van der Waals surface area contributed by atoms with E-state index in [9.17, 15) is 10.1 Å². The van der Waals surface area contributed by atoms with Crippen LogP contribution in [0.25, 0.3) is 22.4 Å². The van der Waals surface area contributed by atoms with Gasteiger partial charge in [0.05, 0.1) is 33.6 Å². The van der Waals surface area contributed by atoms with Crippen LogP contribution >= 0.6 is 15.9 Å². The average molecular weight is 406 g/mol. The van der Waals surface area contributed by atoms with Gasteiger partial charge < -0.3 is 14.5 Å². The summed E-state index contributed by atoms with van der Waals surface area (Å²) < 4.78 is 12.1. The molecule has 25 heavy (non-hydrogen) atoms. The maximum absolute atomic E-state index is 10.9. The van der Waals surface area contributed by atoms with Gasteiger partial charge in [-0.05, 0) is 48.0 Å². The first-order chi connectivity index (χ1) is 12.0. The zero-order valence-corrected chi connectivity index (χ0v) is 15.3. The first-order valence-electron chi connectivity index (χ1n) is 7.77. The highest BCUT2D eigenvalue weighted by molar-refractivity contribution is 9.10. The van der Waals surface area contributed by atoms with Gasteiger partial charge in [0.2, 0.25) is 0 Å². The highest BCUT2D eigenvalue weighted by atomic mass is 79.9. The topological polar surface area (TPSA) is 90.3 Å². The number of halogens is 1. The van der Waals surface area contributed by atoms with Gasteiger partial charge in [-0.25, -0.2) is 4.98 Å². The van der Waals surface area contributed by atoms with Crippen molar-refractivity contribution in [2.45, 2.75) is 13.8 Å². The molecule has 0 spiro atoms. The molecule has 0 saturated heterocycles. The van der Waals surface area contributed by atoms with Gasteiger partial charge in [0.25, 0.3) is 5.69 Å². The fourth-order valence-electron chi connectivity index (χ4n) is 2.50. The van der Waals surface area contributed by atoms with E-state index in [0.29, 0.717) is 41.6 Å². The zero-order chi connectivity index (χ0) is 18.0. The Morgan fingerprint density at radius 3 is 2.64 bits per heavy atom. The van der Waals surface area contributed by atoms with Gasteiger partial charge in [0.15, 0.2) is 11.5 Å². The van der Waals surface area contributed by atoms with Crippen LogP contribution in [-0.4, -0.2) is 28.1 Å². The van der Waals surface area contributed by atoms with Crippen molar-refractivity contribution in [1.82, 2.24) is 9.97 Å². The standard InChI is InChI=1S/C17H16BrN3O4/c1-3-24-15-8-10(7-12(18)16(15)25-4-2)17-19-13-6-5-11(21(22)23)9-14(13)20-17/h5-9H,3-4H2,1-2H3,(H,19,20). The third-order valence-electron chi connectivity index (χ3n) is 3.55. The fourth-order valence-corrected chi connectivity index (χ4v) is 3.06. The third-order valence-corrected chi connectivity index (χ3v) is 4.14. The number of imidazole rings is 1. The number of hydrogen-bond donors (Lipinski definition) is 1. The van der Waals surface area contributed by atoms with Crippen molar-refractivity contribution >= 4 is 32.7 Å². The van der Waals surface area contributed by atoms with E-state index in [-0.39, 0.29) is 5.69 Å². The summed E-state index contributed by atoms with van der Waals surface area (Å²) in [5.41, 5.74) is 2.07. The van der Waals surface area contributed by atoms with Crippen LogP contribution < -0.4 is 9.47 Å². The minimum atomic E-state index is -0.430. The van der Waals surface area contributed by atoms with E-state index >= 15 is 0 Å². The van der Waals surface area contributed by atoms with Crippen molar-refractivity contribution in [3.63, 3.8) is 0 Å². The van der Waals surface area contributed by atoms with Gasteiger partial charge in [0, 0.05) is 17.7 Å². The Morgan fingerprint density at radius 2 is 1.96 bits per heavy atom. The van der Waals surface area contributed by atoms with Gasteiger partial charge in [-0.1, -0.05) is 0 Å². The molecule has 0 aliphatic rings. The second-order valence-corrected chi connectivity index (χ2v) is 6.05. The van der Waals surface area contributed by atoms with E-state index in [0.717, 1.165) is 10.0 Å². The molecule has 0 unspecified atom stereocenters. The van der Waals surface area contributed by atoms with Crippen molar-refractivity contribution < 1.29 is 14.4 Å². The number of nitro groups is 1. The molecule has 3 rings (SSSR count). The molecule has 0 aliphatic carbocycles. The maximum atomic E-state index is 10.9. The maximum Gasteiger partial charge on any atom is 0.271 e. The number of H-pyrrole nitrogens is 1. The number of ether oxygens (including phenoxy) is 2. The van der Waals surface area contributed by atoms with Crippen molar-refractivity contribution in [2.75, 3.05) is 13.2 Å². The predicted octanol–water partition coefficient (Wildman–Crippen LogP) is 4.70. The summed E-state index contributed by atoms with van der Waals surface area (Å²) in [5.74, 6) is 1.85. The van der Waals surface area contributed by atoms with Crippen molar-refractivity contribution in [3.8, 4) is 22.9 Å². The van der Waals surface area contributed by atoms with Crippen molar-refractivity contribution in [3.05, 3.63) is 44.9 Å². The number of hydrogen-bond acceptors (Lipinski definition) is 5. The monoisotopic (exact) mass is 405 g/mol. The molecular weight excluding hydrogens is 390 g/mol. The molecule has 0 aliphatic heterocycles. The molecule has 1 aromatic heterocycles. The van der Waals surface area contributed by atoms with E-state index in [2.05, 4.69) is 25.9 Å². The number of fused-ring (bicyclic) bond motifs is 1. The molecule has 0 bridgehead atoms. The molecule has 3 aromatic rings. The number of aromatic amines is 1. The number of nitrogens with one attached hydrogen (secondary N) is 1. The Morgan fingerprint density at radius 1 is 1.20 bits per heavy atom. The number of benzene rings is 2. The lowest BCUT2D eigenvalue weighted by Crippen LogP contribution is -1.99. The van der Waals surface area contributed by atoms with Crippen LogP contribution in [0.15, 0.2) is 34.8 Å². The third kappa shape index (κ3) is 3.43. The molecule has 8 heteroatoms. The van der Waals surface area contributed by atoms with Crippen LogP contribution in [0.4, 0.5) is 5.69 Å². The quantitative estimate of drug-likeness (QED) is 0.474. The Bertz CT molecular complexity index is 939. The lowest BCUT2D eigenvalue weighted by atomic mass is 10.2. The van der Waals surface area contributed by atoms with E-state index in [1.54, 1.807) is 6.07 Å². The SMILES string of the molecule is CCOc1cc(-c2nc3ccc([N+](=O)[O-])cc3[nH]2)cc(Br)c1OCC. The summed E-state index contributed by atoms with van der Waals surface area (Å²) in [6.07, 6.45) is 0. The number of rotatable bonds is 6. The predicted molar refractivity (Wildman–Crippen MR) is 98.2 cm³/mol. The van der Waals surface area contributed by atoms with Gasteiger partial charge in [-0.15, -0.1) is 0 Å². The van der Waals surface area contributed by atoms with Gasteiger partial charge in [-0.2, -0.15) is 0 Å². The molecule has 1 N–H and O–H groups in total. The Hall–Kier alpha value is -2.61. The molecule has 0 atom stereocenters. The fraction of sp³-hybridized carbons (Fsp3) is 0.235. The summed E-state index contributed by atoms with van der Waals surface area (Å²) in [6, 6.07) is 8.25. The highest BCUT2D eigenvalue weighted by Gasteiger charge is 2.16. The minimum Gasteiger partial charge on any atom is -0.490 e. The molecule has 2 aromatic carbocycles. The summed E-state index contributed by atoms with van der Waals surface area (Å²) in [5, 5.41) is 10.9. The zero-order valence-electron chi connectivity index (χ0n) is 13.7. The molecule has 0 radical (unpaired) electrons. The van der Waals surface area contributed by atoms with E-state index in [1.165, 1.54) is 12.1 Å². The van der Waals surface area contributed by atoms with Gasteiger partial charge in [0.1, 0.15) is 5.82 Å².